The molecule has 1 unspecified atom stereocenters. The normalized spacial score (nSPS) is 19.0. The van der Waals surface area contributed by atoms with Gasteiger partial charge in [0.05, 0.1) is 0 Å². The molecule has 102 valence electrons. The molecule has 0 aliphatic carbocycles. The summed E-state index contributed by atoms with van der Waals surface area (Å²) in [6.07, 6.45) is 0.535. The van der Waals surface area contributed by atoms with Crippen LogP contribution >= 0.6 is 0 Å². The van der Waals surface area contributed by atoms with Gasteiger partial charge in [0.2, 0.25) is 5.91 Å². The highest BCUT2D eigenvalue weighted by molar-refractivity contribution is 5.94. The van der Waals surface area contributed by atoms with Gasteiger partial charge in [-0.1, -0.05) is 18.2 Å². The SMILES string of the molecule is CC(C)N1CC(CNC(=O)c2ccccc2)CC1=O. The lowest BCUT2D eigenvalue weighted by Gasteiger charge is -2.21. The Kier molecular flexibility index (Phi) is 4.20. The first-order chi connectivity index (χ1) is 9.08. The summed E-state index contributed by atoms with van der Waals surface area (Å²) in [5, 5.41) is 2.90. The number of nitrogens with one attached hydrogen (secondary N) is 1. The lowest BCUT2D eigenvalue weighted by Crippen LogP contribution is -2.34. The summed E-state index contributed by atoms with van der Waals surface area (Å²) >= 11 is 0. The van der Waals surface area contributed by atoms with Crippen molar-refractivity contribution in [1.82, 2.24) is 10.2 Å². The monoisotopic (exact) mass is 260 g/mol. The van der Waals surface area contributed by atoms with Crippen molar-refractivity contribution in [2.45, 2.75) is 26.3 Å². The van der Waals surface area contributed by atoms with E-state index in [1.165, 1.54) is 0 Å². The van der Waals surface area contributed by atoms with Crippen LogP contribution in [0, 0.1) is 5.92 Å². The van der Waals surface area contributed by atoms with Gasteiger partial charge in [0.25, 0.3) is 5.91 Å². The van der Waals surface area contributed by atoms with Gasteiger partial charge in [0.1, 0.15) is 0 Å². The predicted molar refractivity (Wildman–Crippen MR) is 73.7 cm³/mol. The van der Waals surface area contributed by atoms with Crippen LogP contribution in [0.25, 0.3) is 0 Å². The minimum Gasteiger partial charge on any atom is -0.352 e. The predicted octanol–water partition coefficient (Wildman–Crippen LogP) is 1.67. The molecule has 1 atom stereocenters. The molecule has 1 aliphatic heterocycles. The Morgan fingerprint density at radius 3 is 2.63 bits per heavy atom. The number of carbonyl (C=O) groups is 2. The maximum Gasteiger partial charge on any atom is 0.251 e. The fraction of sp³-hybridized carbons (Fsp3) is 0.467. The number of rotatable bonds is 4. The van der Waals surface area contributed by atoms with Crippen molar-refractivity contribution in [3.05, 3.63) is 35.9 Å². The fourth-order valence-electron chi connectivity index (χ4n) is 2.37. The molecular weight excluding hydrogens is 240 g/mol. The average molecular weight is 260 g/mol. The molecule has 0 bridgehead atoms. The van der Waals surface area contributed by atoms with Crippen LogP contribution in [0.5, 0.6) is 0 Å². The first kappa shape index (κ1) is 13.6. The Morgan fingerprint density at radius 1 is 1.37 bits per heavy atom. The van der Waals surface area contributed by atoms with Gasteiger partial charge in [0, 0.05) is 37.0 Å². The highest BCUT2D eigenvalue weighted by Gasteiger charge is 2.31. The molecule has 1 fully saturated rings. The van der Waals surface area contributed by atoms with E-state index in [9.17, 15) is 9.59 Å². The molecule has 0 aromatic heterocycles. The second-order valence-corrected chi connectivity index (χ2v) is 5.29. The number of amides is 2. The molecule has 1 heterocycles. The van der Waals surface area contributed by atoms with Crippen LogP contribution in [0.2, 0.25) is 0 Å². The zero-order valence-electron chi connectivity index (χ0n) is 11.4. The number of hydrogen-bond acceptors (Lipinski definition) is 2. The lowest BCUT2D eigenvalue weighted by molar-refractivity contribution is -0.129. The molecule has 19 heavy (non-hydrogen) atoms. The molecule has 2 amide bonds. The van der Waals surface area contributed by atoms with E-state index >= 15 is 0 Å². The summed E-state index contributed by atoms with van der Waals surface area (Å²) in [5.41, 5.74) is 0.660. The molecule has 1 aromatic rings. The smallest absolute Gasteiger partial charge is 0.251 e. The third-order valence-corrected chi connectivity index (χ3v) is 3.45. The van der Waals surface area contributed by atoms with Gasteiger partial charge < -0.3 is 10.2 Å². The topological polar surface area (TPSA) is 49.4 Å². The molecule has 1 saturated heterocycles. The highest BCUT2D eigenvalue weighted by atomic mass is 16.2. The Bertz CT molecular complexity index is 456. The molecule has 4 nitrogen and oxygen atoms in total. The van der Waals surface area contributed by atoms with Gasteiger partial charge in [-0.25, -0.2) is 0 Å². The van der Waals surface area contributed by atoms with Gasteiger partial charge in [-0.2, -0.15) is 0 Å². The van der Waals surface area contributed by atoms with E-state index < -0.39 is 0 Å². The van der Waals surface area contributed by atoms with E-state index in [0.29, 0.717) is 18.5 Å². The minimum absolute atomic E-state index is 0.0731. The van der Waals surface area contributed by atoms with Crippen molar-refractivity contribution in [3.8, 4) is 0 Å². The Balaban J connectivity index is 1.84. The summed E-state index contributed by atoms with van der Waals surface area (Å²) < 4.78 is 0. The molecule has 0 radical (unpaired) electrons. The van der Waals surface area contributed by atoms with Crippen molar-refractivity contribution < 1.29 is 9.59 Å². The van der Waals surface area contributed by atoms with Gasteiger partial charge in [-0.3, -0.25) is 9.59 Å². The molecule has 1 aromatic carbocycles. The first-order valence-corrected chi connectivity index (χ1v) is 6.70. The van der Waals surface area contributed by atoms with Crippen molar-refractivity contribution >= 4 is 11.8 Å². The summed E-state index contributed by atoms with van der Waals surface area (Å²) in [6, 6.07) is 9.38. The van der Waals surface area contributed by atoms with E-state index in [4.69, 9.17) is 0 Å². The van der Waals surface area contributed by atoms with Crippen LogP contribution in [0.1, 0.15) is 30.6 Å². The Morgan fingerprint density at radius 2 is 2.05 bits per heavy atom. The maximum absolute atomic E-state index is 11.9. The van der Waals surface area contributed by atoms with Crippen LogP contribution in [0.15, 0.2) is 30.3 Å². The summed E-state index contributed by atoms with van der Waals surface area (Å²) in [5.74, 6) is 0.340. The van der Waals surface area contributed by atoms with Gasteiger partial charge >= 0.3 is 0 Å². The second-order valence-electron chi connectivity index (χ2n) is 5.29. The van der Waals surface area contributed by atoms with Crippen LogP contribution in [0.4, 0.5) is 0 Å². The number of likely N-dealkylation sites (tertiary alicyclic amines) is 1. The molecule has 1 N–H and O–H groups in total. The second kappa shape index (κ2) is 5.87. The molecular formula is C15H20N2O2. The van der Waals surface area contributed by atoms with Gasteiger partial charge in [0.15, 0.2) is 0 Å². The highest BCUT2D eigenvalue weighted by Crippen LogP contribution is 2.19. The van der Waals surface area contributed by atoms with E-state index in [1.54, 1.807) is 12.1 Å². The summed E-state index contributed by atoms with van der Waals surface area (Å²) in [4.78, 5) is 25.5. The van der Waals surface area contributed by atoms with E-state index in [0.717, 1.165) is 6.54 Å². The zero-order valence-corrected chi connectivity index (χ0v) is 11.4. The third-order valence-electron chi connectivity index (χ3n) is 3.45. The van der Waals surface area contributed by atoms with E-state index in [-0.39, 0.29) is 23.8 Å². The zero-order chi connectivity index (χ0) is 13.8. The molecule has 2 rings (SSSR count). The van der Waals surface area contributed by atoms with E-state index in [1.807, 2.05) is 36.9 Å². The van der Waals surface area contributed by atoms with E-state index in [2.05, 4.69) is 5.32 Å². The number of hydrogen-bond donors (Lipinski definition) is 1. The van der Waals surface area contributed by atoms with Crippen LogP contribution in [-0.4, -0.2) is 35.8 Å². The number of benzene rings is 1. The minimum atomic E-state index is -0.0731. The standard InChI is InChI=1S/C15H20N2O2/c1-11(2)17-10-12(8-14(17)18)9-16-15(19)13-6-4-3-5-7-13/h3-7,11-12H,8-10H2,1-2H3,(H,16,19). The van der Waals surface area contributed by atoms with Gasteiger partial charge in [-0.15, -0.1) is 0 Å². The van der Waals surface area contributed by atoms with Crippen molar-refractivity contribution in [2.24, 2.45) is 5.92 Å². The quantitative estimate of drug-likeness (QED) is 0.895. The molecule has 1 aliphatic rings. The van der Waals surface area contributed by atoms with Crippen LogP contribution in [0.3, 0.4) is 0 Å². The van der Waals surface area contributed by atoms with Crippen molar-refractivity contribution in [2.75, 3.05) is 13.1 Å². The fourth-order valence-corrected chi connectivity index (χ4v) is 2.37. The number of carbonyl (C=O) groups excluding carboxylic acids is 2. The van der Waals surface area contributed by atoms with Crippen LogP contribution in [-0.2, 0) is 4.79 Å². The molecule has 4 heteroatoms. The number of nitrogens with zero attached hydrogens (tertiary/aromatic N) is 1. The molecule has 0 saturated carbocycles. The third kappa shape index (κ3) is 3.34. The van der Waals surface area contributed by atoms with Crippen molar-refractivity contribution in [1.29, 1.82) is 0 Å². The largest absolute Gasteiger partial charge is 0.352 e. The summed E-state index contributed by atoms with van der Waals surface area (Å²) in [6.45, 7) is 5.33. The first-order valence-electron chi connectivity index (χ1n) is 6.70. The van der Waals surface area contributed by atoms with Crippen LogP contribution < -0.4 is 5.32 Å². The van der Waals surface area contributed by atoms with Gasteiger partial charge in [-0.05, 0) is 26.0 Å². The average Bonchev–Trinajstić information content (AvgIpc) is 2.78. The Hall–Kier alpha value is -1.84. The summed E-state index contributed by atoms with van der Waals surface area (Å²) in [7, 11) is 0. The maximum atomic E-state index is 11.9. The lowest BCUT2D eigenvalue weighted by atomic mass is 10.1. The Labute approximate surface area is 113 Å². The van der Waals surface area contributed by atoms with Crippen molar-refractivity contribution in [3.63, 3.8) is 0 Å². The molecule has 0 spiro atoms.